The standard InChI is InChI=1S/C45H24N2O4S2/c1-45(2)43-41(52-35(46-43)19-33-37(48)29-15-25-11-21-7-3-4-8-22(21)12-26(25)16-30(29)38(33)49)42-44(45)47-36(53-42)20-34-39(50)31-17-27-13-23-9-5-6-10-24(23)14-28(27)18-32(31)40(34)51/h3-20H,1-2H3. The molecule has 0 aliphatic heterocycles. The minimum atomic E-state index is -0.566. The Bertz CT molecular complexity index is 2810. The third kappa shape index (κ3) is 4.24. The van der Waals surface area contributed by atoms with Crippen LogP contribution in [-0.4, -0.2) is 33.1 Å². The number of nitrogens with zero attached hydrogens (tertiary/aromatic N) is 2. The first kappa shape index (κ1) is 30.4. The second-order valence-electron chi connectivity index (χ2n) is 14.4. The molecule has 6 aromatic carbocycles. The van der Waals surface area contributed by atoms with Crippen molar-refractivity contribution in [1.29, 1.82) is 0 Å². The molecule has 0 saturated carbocycles. The quantitative estimate of drug-likeness (QED) is 0.100. The van der Waals surface area contributed by atoms with Crippen LogP contribution in [0.25, 0.3) is 65.0 Å². The van der Waals surface area contributed by atoms with Crippen LogP contribution in [0.5, 0.6) is 0 Å². The first-order chi connectivity index (χ1) is 25.6. The first-order valence-electron chi connectivity index (χ1n) is 17.2. The SMILES string of the molecule is CC1(C)c2nc(C=C3C(=O)c4cc5cc6ccccc6cc5cc4C3=O)sc2-c2sc(C=C3C(=O)c4cc5cc6ccccc6cc5cc4C3=O)nc21. The van der Waals surface area contributed by atoms with Crippen LogP contribution in [0, 0.1) is 0 Å². The van der Waals surface area contributed by atoms with Gasteiger partial charge in [0.15, 0.2) is 23.1 Å². The van der Waals surface area contributed by atoms with Crippen molar-refractivity contribution >= 4 is 101 Å². The number of carbonyl (C=O) groups is 4. The van der Waals surface area contributed by atoms with Crippen molar-refractivity contribution in [2.45, 2.75) is 19.3 Å². The minimum absolute atomic E-state index is 0.110. The molecule has 3 aliphatic rings. The lowest BCUT2D eigenvalue weighted by Gasteiger charge is -2.16. The van der Waals surface area contributed by atoms with Gasteiger partial charge in [0.2, 0.25) is 0 Å². The van der Waals surface area contributed by atoms with E-state index in [0.717, 1.165) is 64.2 Å². The van der Waals surface area contributed by atoms with E-state index in [-0.39, 0.29) is 34.3 Å². The van der Waals surface area contributed by atoms with Crippen LogP contribution in [0.4, 0.5) is 0 Å². The molecule has 2 aromatic heterocycles. The van der Waals surface area contributed by atoms with Crippen LogP contribution in [0.2, 0.25) is 0 Å². The summed E-state index contributed by atoms with van der Waals surface area (Å²) in [5, 5.41) is 9.07. The minimum Gasteiger partial charge on any atom is -0.288 e. The number of carbonyl (C=O) groups excluding carboxylic acids is 4. The van der Waals surface area contributed by atoms with Gasteiger partial charge in [-0.05, 0) is 118 Å². The van der Waals surface area contributed by atoms with E-state index in [0.29, 0.717) is 32.3 Å². The molecule has 2 heterocycles. The average Bonchev–Trinajstić information content (AvgIpc) is 3.92. The van der Waals surface area contributed by atoms with Crippen molar-refractivity contribution in [2.24, 2.45) is 0 Å². The van der Waals surface area contributed by atoms with E-state index in [1.54, 1.807) is 12.2 Å². The maximum atomic E-state index is 13.7. The predicted octanol–water partition coefficient (Wildman–Crippen LogP) is 10.4. The Hall–Kier alpha value is -6.22. The Kier molecular flexibility index (Phi) is 5.99. The molecule has 0 amide bonds. The maximum absolute atomic E-state index is 13.7. The van der Waals surface area contributed by atoms with E-state index >= 15 is 0 Å². The summed E-state index contributed by atoms with van der Waals surface area (Å²) in [5.74, 6) is -1.18. The van der Waals surface area contributed by atoms with Gasteiger partial charge in [-0.15, -0.1) is 22.7 Å². The van der Waals surface area contributed by atoms with Gasteiger partial charge in [0.05, 0.1) is 37.7 Å². The normalized spacial score (nSPS) is 15.6. The predicted molar refractivity (Wildman–Crippen MR) is 212 cm³/mol. The van der Waals surface area contributed by atoms with Gasteiger partial charge in [-0.1, -0.05) is 48.5 Å². The summed E-state index contributed by atoms with van der Waals surface area (Å²) in [6.07, 6.45) is 3.24. The molecule has 6 nitrogen and oxygen atoms in total. The number of fused-ring (bicyclic) bond motifs is 9. The number of Topliss-reactive ketones (excluding diaryl/α,β-unsaturated/α-hetero) is 4. The molecule has 0 saturated heterocycles. The summed E-state index contributed by atoms with van der Waals surface area (Å²) in [6.45, 7) is 4.08. The molecule has 53 heavy (non-hydrogen) atoms. The van der Waals surface area contributed by atoms with Crippen LogP contribution in [-0.2, 0) is 5.41 Å². The highest BCUT2D eigenvalue weighted by molar-refractivity contribution is 7.23. The highest BCUT2D eigenvalue weighted by Gasteiger charge is 2.43. The molecular weight excluding hydrogens is 697 g/mol. The lowest BCUT2D eigenvalue weighted by atomic mass is 9.90. The lowest BCUT2D eigenvalue weighted by molar-refractivity contribution is 0.0975. The summed E-state index contributed by atoms with van der Waals surface area (Å²) in [7, 11) is 0. The van der Waals surface area contributed by atoms with Gasteiger partial charge < -0.3 is 0 Å². The maximum Gasteiger partial charge on any atom is 0.197 e. The van der Waals surface area contributed by atoms with E-state index in [1.165, 1.54) is 22.7 Å². The molecule has 0 atom stereocenters. The molecule has 0 fully saturated rings. The molecule has 8 aromatic rings. The van der Waals surface area contributed by atoms with Crippen molar-refractivity contribution in [3.63, 3.8) is 0 Å². The topological polar surface area (TPSA) is 94.1 Å². The van der Waals surface area contributed by atoms with Crippen molar-refractivity contribution < 1.29 is 19.2 Å². The Morgan fingerprint density at radius 2 is 0.755 bits per heavy atom. The monoisotopic (exact) mass is 720 g/mol. The molecule has 3 aliphatic carbocycles. The molecule has 0 spiro atoms. The van der Waals surface area contributed by atoms with Crippen molar-refractivity contribution in [2.75, 3.05) is 0 Å². The molecule has 0 N–H and O–H groups in total. The fourth-order valence-electron chi connectivity index (χ4n) is 8.10. The van der Waals surface area contributed by atoms with Gasteiger partial charge in [0.1, 0.15) is 10.0 Å². The summed E-state index contributed by atoms with van der Waals surface area (Å²) in [5.41, 5.74) is 2.96. The lowest BCUT2D eigenvalue weighted by Crippen LogP contribution is -2.17. The average molecular weight is 721 g/mol. The van der Waals surface area contributed by atoms with E-state index in [9.17, 15) is 19.2 Å². The van der Waals surface area contributed by atoms with Gasteiger partial charge >= 0.3 is 0 Å². The Morgan fingerprint density at radius 1 is 0.453 bits per heavy atom. The fraction of sp³-hybridized carbons (Fsp3) is 0.0667. The van der Waals surface area contributed by atoms with Crippen molar-refractivity contribution in [1.82, 2.24) is 9.97 Å². The summed E-state index contributed by atoms with van der Waals surface area (Å²) in [4.78, 5) is 66.3. The largest absolute Gasteiger partial charge is 0.288 e. The van der Waals surface area contributed by atoms with Gasteiger partial charge in [-0.3, -0.25) is 19.2 Å². The number of allylic oxidation sites excluding steroid dienone is 2. The molecule has 250 valence electrons. The number of ketones is 4. The zero-order valence-corrected chi connectivity index (χ0v) is 29.9. The Labute approximate surface area is 309 Å². The van der Waals surface area contributed by atoms with Crippen LogP contribution in [0.3, 0.4) is 0 Å². The zero-order valence-electron chi connectivity index (χ0n) is 28.2. The molecule has 0 bridgehead atoms. The Morgan fingerprint density at radius 3 is 1.06 bits per heavy atom. The Balaban J connectivity index is 0.937. The second kappa shape index (κ2) is 10.4. The summed E-state index contributed by atoms with van der Waals surface area (Å²) < 4.78 is 0. The molecule has 0 radical (unpaired) electrons. The van der Waals surface area contributed by atoms with E-state index < -0.39 is 5.41 Å². The molecular formula is C45H24N2O4S2. The summed E-state index contributed by atoms with van der Waals surface area (Å²) in [6, 6.07) is 31.6. The van der Waals surface area contributed by atoms with Crippen LogP contribution in [0.15, 0.2) is 108 Å². The fourth-order valence-corrected chi connectivity index (χ4v) is 10.6. The smallest absolute Gasteiger partial charge is 0.197 e. The van der Waals surface area contributed by atoms with Gasteiger partial charge in [-0.25, -0.2) is 9.97 Å². The molecule has 8 heteroatoms. The third-order valence-corrected chi connectivity index (χ3v) is 13.0. The van der Waals surface area contributed by atoms with Gasteiger partial charge in [0, 0.05) is 22.3 Å². The zero-order chi connectivity index (χ0) is 35.9. The highest BCUT2D eigenvalue weighted by Crippen LogP contribution is 2.53. The molecule has 0 unspecified atom stereocenters. The third-order valence-electron chi connectivity index (χ3n) is 10.9. The van der Waals surface area contributed by atoms with Crippen LogP contribution < -0.4 is 0 Å². The number of rotatable bonds is 2. The highest BCUT2D eigenvalue weighted by atomic mass is 32.1. The number of benzene rings is 6. The number of hydrogen-bond donors (Lipinski definition) is 0. The first-order valence-corrected chi connectivity index (χ1v) is 18.8. The number of thiazole rings is 2. The van der Waals surface area contributed by atoms with Crippen LogP contribution in [0.1, 0.15) is 76.7 Å². The number of hydrogen-bond acceptors (Lipinski definition) is 8. The summed E-state index contributed by atoms with van der Waals surface area (Å²) >= 11 is 2.83. The van der Waals surface area contributed by atoms with Crippen LogP contribution >= 0.6 is 22.7 Å². The van der Waals surface area contributed by atoms with E-state index in [2.05, 4.69) is 24.3 Å². The van der Waals surface area contributed by atoms with Gasteiger partial charge in [-0.2, -0.15) is 0 Å². The molecule has 11 rings (SSSR count). The van der Waals surface area contributed by atoms with E-state index in [4.69, 9.17) is 9.97 Å². The van der Waals surface area contributed by atoms with Crippen molar-refractivity contribution in [3.8, 4) is 9.75 Å². The second-order valence-corrected chi connectivity index (χ2v) is 16.5. The number of aromatic nitrogens is 2. The van der Waals surface area contributed by atoms with E-state index in [1.807, 2.05) is 86.6 Å². The van der Waals surface area contributed by atoms with Gasteiger partial charge in [0.25, 0.3) is 0 Å². The van der Waals surface area contributed by atoms with Crippen molar-refractivity contribution in [3.05, 3.63) is 152 Å².